The maximum Gasteiger partial charge on any atom is 0.337 e. The normalized spacial score (nSPS) is 15.4. The fourth-order valence-corrected chi connectivity index (χ4v) is 4.04. The average Bonchev–Trinajstić information content (AvgIpc) is 3.08. The van der Waals surface area contributed by atoms with Crippen LogP contribution in [0.15, 0.2) is 51.7 Å². The SMILES string of the molecule is COC(=O)c1ccc([C@H]2c3c(oc4ccc(F)cc4c3=O)C(=O)N2CCCOC(C)C)cc1. The summed E-state index contributed by atoms with van der Waals surface area (Å²) in [4.78, 5) is 40.1. The largest absolute Gasteiger partial charge is 0.465 e. The number of benzene rings is 2. The Bertz CT molecular complexity index is 1260. The molecule has 172 valence electrons. The van der Waals surface area contributed by atoms with E-state index in [0.29, 0.717) is 30.7 Å². The van der Waals surface area contributed by atoms with E-state index in [0.717, 1.165) is 6.07 Å². The van der Waals surface area contributed by atoms with Crippen molar-refractivity contribution in [2.75, 3.05) is 20.3 Å². The zero-order chi connectivity index (χ0) is 23.7. The maximum absolute atomic E-state index is 13.9. The first kappa shape index (κ1) is 22.7. The van der Waals surface area contributed by atoms with Crippen LogP contribution in [-0.2, 0) is 9.47 Å². The van der Waals surface area contributed by atoms with E-state index in [1.807, 2.05) is 13.8 Å². The van der Waals surface area contributed by atoms with Crippen molar-refractivity contribution in [1.29, 1.82) is 0 Å². The first-order chi connectivity index (χ1) is 15.8. The van der Waals surface area contributed by atoms with Crippen LogP contribution in [0.4, 0.5) is 4.39 Å². The molecule has 4 rings (SSSR count). The van der Waals surface area contributed by atoms with Gasteiger partial charge in [-0.1, -0.05) is 12.1 Å². The van der Waals surface area contributed by atoms with Crippen molar-refractivity contribution in [2.45, 2.75) is 32.4 Å². The molecule has 0 radical (unpaired) electrons. The minimum Gasteiger partial charge on any atom is -0.465 e. The summed E-state index contributed by atoms with van der Waals surface area (Å²) in [5, 5.41) is 0.0720. The maximum atomic E-state index is 13.9. The molecule has 1 aliphatic rings. The molecule has 0 bridgehead atoms. The summed E-state index contributed by atoms with van der Waals surface area (Å²) in [6.45, 7) is 4.62. The number of esters is 1. The second-order valence-corrected chi connectivity index (χ2v) is 8.10. The molecule has 0 saturated heterocycles. The van der Waals surface area contributed by atoms with Gasteiger partial charge < -0.3 is 18.8 Å². The molecule has 1 amide bonds. The zero-order valence-corrected chi connectivity index (χ0v) is 18.6. The fourth-order valence-electron chi connectivity index (χ4n) is 4.04. The van der Waals surface area contributed by atoms with Crippen molar-refractivity contribution in [3.8, 4) is 0 Å². The number of rotatable bonds is 7. The molecule has 0 aliphatic carbocycles. The van der Waals surface area contributed by atoms with Gasteiger partial charge in [-0.25, -0.2) is 9.18 Å². The van der Waals surface area contributed by atoms with Crippen LogP contribution in [0.2, 0.25) is 0 Å². The molecule has 1 aromatic heterocycles. The highest BCUT2D eigenvalue weighted by atomic mass is 19.1. The number of methoxy groups -OCH3 is 1. The zero-order valence-electron chi connectivity index (χ0n) is 18.6. The van der Waals surface area contributed by atoms with Gasteiger partial charge in [-0.15, -0.1) is 0 Å². The van der Waals surface area contributed by atoms with Gasteiger partial charge in [0.1, 0.15) is 11.4 Å². The second-order valence-electron chi connectivity index (χ2n) is 8.10. The standard InChI is InChI=1S/C25H24FNO6/c1-14(2)32-12-4-11-27-21(15-5-7-16(8-6-15)25(30)31-3)20-22(28)18-13-17(26)9-10-19(18)33-23(20)24(27)29/h5-10,13-14,21H,4,11-12H2,1-3H3/t21-/m0/s1. The quantitative estimate of drug-likeness (QED) is 0.396. The Hall–Kier alpha value is -3.52. The van der Waals surface area contributed by atoms with E-state index in [-0.39, 0.29) is 28.4 Å². The number of carbonyl (C=O) groups excluding carboxylic acids is 2. The van der Waals surface area contributed by atoms with Crippen LogP contribution < -0.4 is 5.43 Å². The second kappa shape index (κ2) is 9.15. The summed E-state index contributed by atoms with van der Waals surface area (Å²) in [5.74, 6) is -1.53. The highest BCUT2D eigenvalue weighted by Crippen LogP contribution is 2.38. The molecular weight excluding hydrogens is 429 g/mol. The molecule has 0 unspecified atom stereocenters. The van der Waals surface area contributed by atoms with Crippen LogP contribution >= 0.6 is 0 Å². The van der Waals surface area contributed by atoms with Crippen molar-refractivity contribution < 1.29 is 27.9 Å². The van der Waals surface area contributed by atoms with E-state index in [9.17, 15) is 18.8 Å². The summed E-state index contributed by atoms with van der Waals surface area (Å²) in [6.07, 6.45) is 0.610. The number of fused-ring (bicyclic) bond motifs is 2. The van der Waals surface area contributed by atoms with Crippen molar-refractivity contribution in [3.63, 3.8) is 0 Å². The number of ether oxygens (including phenoxy) is 2. The van der Waals surface area contributed by atoms with Gasteiger partial charge in [0.2, 0.25) is 5.76 Å². The first-order valence-corrected chi connectivity index (χ1v) is 10.7. The number of hydrogen-bond donors (Lipinski definition) is 0. The van der Waals surface area contributed by atoms with Crippen LogP contribution in [0.1, 0.15) is 58.3 Å². The molecule has 0 spiro atoms. The molecule has 2 heterocycles. The third-order valence-corrected chi connectivity index (χ3v) is 5.57. The van der Waals surface area contributed by atoms with E-state index in [1.165, 1.54) is 19.2 Å². The van der Waals surface area contributed by atoms with E-state index >= 15 is 0 Å². The predicted molar refractivity (Wildman–Crippen MR) is 119 cm³/mol. The predicted octanol–water partition coefficient (Wildman–Crippen LogP) is 4.08. The van der Waals surface area contributed by atoms with E-state index in [2.05, 4.69) is 0 Å². The minimum atomic E-state index is -0.734. The van der Waals surface area contributed by atoms with Crippen molar-refractivity contribution in [1.82, 2.24) is 4.90 Å². The van der Waals surface area contributed by atoms with Crippen LogP contribution in [-0.4, -0.2) is 43.1 Å². The van der Waals surface area contributed by atoms with Gasteiger partial charge in [0.25, 0.3) is 5.91 Å². The lowest BCUT2D eigenvalue weighted by atomic mass is 9.97. The van der Waals surface area contributed by atoms with Gasteiger partial charge in [0.05, 0.1) is 35.8 Å². The molecule has 0 saturated carbocycles. The average molecular weight is 453 g/mol. The van der Waals surface area contributed by atoms with Crippen molar-refractivity contribution in [3.05, 3.63) is 81.0 Å². The van der Waals surface area contributed by atoms with Crippen LogP contribution in [0.5, 0.6) is 0 Å². The number of amides is 1. The third kappa shape index (κ3) is 4.26. The topological polar surface area (TPSA) is 86.0 Å². The molecule has 7 nitrogen and oxygen atoms in total. The number of halogens is 1. The molecule has 0 fully saturated rings. The summed E-state index contributed by atoms with van der Waals surface area (Å²) >= 11 is 0. The van der Waals surface area contributed by atoms with E-state index in [4.69, 9.17) is 13.9 Å². The Labute approximate surface area is 189 Å². The van der Waals surface area contributed by atoms with Gasteiger partial charge in [0.15, 0.2) is 5.43 Å². The van der Waals surface area contributed by atoms with E-state index < -0.39 is 29.2 Å². The Morgan fingerprint density at radius 2 is 1.88 bits per heavy atom. The lowest BCUT2D eigenvalue weighted by Crippen LogP contribution is -2.31. The Morgan fingerprint density at radius 3 is 2.55 bits per heavy atom. The molecule has 33 heavy (non-hydrogen) atoms. The fraction of sp³-hybridized carbons (Fsp3) is 0.320. The summed E-state index contributed by atoms with van der Waals surface area (Å²) in [6, 6.07) is 9.40. The number of hydrogen-bond acceptors (Lipinski definition) is 6. The lowest BCUT2D eigenvalue weighted by molar-refractivity contribution is 0.0585. The number of carbonyl (C=O) groups is 2. The molecular formula is C25H24FNO6. The first-order valence-electron chi connectivity index (χ1n) is 10.7. The molecule has 3 aromatic rings. The smallest absolute Gasteiger partial charge is 0.337 e. The third-order valence-electron chi connectivity index (χ3n) is 5.57. The molecule has 0 N–H and O–H groups in total. The van der Waals surface area contributed by atoms with Crippen LogP contribution in [0.25, 0.3) is 11.0 Å². The molecule has 1 aliphatic heterocycles. The summed E-state index contributed by atoms with van der Waals surface area (Å²) in [5.41, 5.74) is 0.826. The minimum absolute atomic E-state index is 0.0501. The summed E-state index contributed by atoms with van der Waals surface area (Å²) in [7, 11) is 1.29. The Kier molecular flexibility index (Phi) is 6.29. The number of nitrogens with zero attached hydrogens (tertiary/aromatic N) is 1. The van der Waals surface area contributed by atoms with Gasteiger partial charge in [0, 0.05) is 13.2 Å². The highest BCUT2D eigenvalue weighted by Gasteiger charge is 2.42. The lowest BCUT2D eigenvalue weighted by Gasteiger charge is -2.25. The van der Waals surface area contributed by atoms with Gasteiger partial charge >= 0.3 is 5.97 Å². The summed E-state index contributed by atoms with van der Waals surface area (Å²) < 4.78 is 30.0. The Balaban J connectivity index is 1.80. The van der Waals surface area contributed by atoms with Crippen LogP contribution in [0, 0.1) is 5.82 Å². The van der Waals surface area contributed by atoms with Crippen LogP contribution in [0.3, 0.4) is 0 Å². The monoisotopic (exact) mass is 453 g/mol. The van der Waals surface area contributed by atoms with Crippen molar-refractivity contribution >= 4 is 22.8 Å². The van der Waals surface area contributed by atoms with Crippen molar-refractivity contribution in [2.24, 2.45) is 0 Å². The Morgan fingerprint density at radius 1 is 1.15 bits per heavy atom. The van der Waals surface area contributed by atoms with Gasteiger partial charge in [-0.3, -0.25) is 9.59 Å². The molecule has 2 aromatic carbocycles. The van der Waals surface area contributed by atoms with E-state index in [1.54, 1.807) is 29.2 Å². The highest BCUT2D eigenvalue weighted by molar-refractivity contribution is 5.99. The molecule has 1 atom stereocenters. The van der Waals surface area contributed by atoms with Gasteiger partial charge in [-0.05, 0) is 56.2 Å². The molecule has 8 heteroatoms. The van der Waals surface area contributed by atoms with Gasteiger partial charge in [-0.2, -0.15) is 0 Å².